The average molecular weight is 391 g/mol. The van der Waals surface area contributed by atoms with Crippen molar-refractivity contribution in [3.63, 3.8) is 0 Å². The third-order valence-corrected chi connectivity index (χ3v) is 5.44. The van der Waals surface area contributed by atoms with E-state index >= 15 is 0 Å². The number of carbonyl (C=O) groups excluding carboxylic acids is 1. The van der Waals surface area contributed by atoms with E-state index in [0.29, 0.717) is 44.6 Å². The second-order valence-corrected chi connectivity index (χ2v) is 7.43. The number of amides is 1. The van der Waals surface area contributed by atoms with E-state index in [9.17, 15) is 18.4 Å². The summed E-state index contributed by atoms with van der Waals surface area (Å²) in [6.07, 6.45) is 6.48. The summed E-state index contributed by atoms with van der Waals surface area (Å²) < 4.78 is 28.8. The summed E-state index contributed by atoms with van der Waals surface area (Å²) in [6, 6.07) is 1.92. The molecule has 7 nitrogen and oxygen atoms in total. The van der Waals surface area contributed by atoms with Crippen molar-refractivity contribution in [1.82, 2.24) is 23.9 Å². The molecule has 0 aromatic carbocycles. The van der Waals surface area contributed by atoms with Crippen LogP contribution in [0.15, 0.2) is 29.5 Å². The number of imidazole rings is 1. The van der Waals surface area contributed by atoms with E-state index in [2.05, 4.69) is 4.98 Å². The molecule has 0 spiro atoms. The molecular weight excluding hydrogens is 368 g/mol. The summed E-state index contributed by atoms with van der Waals surface area (Å²) in [5.74, 6) is 0.0498. The van der Waals surface area contributed by atoms with Crippen LogP contribution < -0.4 is 5.43 Å². The zero-order valence-electron chi connectivity index (χ0n) is 15.7. The lowest BCUT2D eigenvalue weighted by Gasteiger charge is -2.34. The van der Waals surface area contributed by atoms with Gasteiger partial charge in [0.1, 0.15) is 11.4 Å². The van der Waals surface area contributed by atoms with Gasteiger partial charge in [-0.05, 0) is 19.8 Å². The van der Waals surface area contributed by atoms with Crippen LogP contribution in [0.5, 0.6) is 0 Å². The lowest BCUT2D eigenvalue weighted by atomic mass is 10.2. The van der Waals surface area contributed by atoms with Gasteiger partial charge < -0.3 is 9.47 Å². The average Bonchev–Trinajstić information content (AvgIpc) is 3.40. The fourth-order valence-corrected chi connectivity index (χ4v) is 3.68. The second kappa shape index (κ2) is 7.46. The first kappa shape index (κ1) is 18.8. The summed E-state index contributed by atoms with van der Waals surface area (Å²) in [6.45, 7) is 1.56. The molecule has 1 saturated carbocycles. The molecule has 3 heterocycles. The van der Waals surface area contributed by atoms with E-state index in [0.717, 1.165) is 23.1 Å². The number of nitrogens with zero attached hydrogens (tertiary/aromatic N) is 5. The first-order valence-corrected chi connectivity index (χ1v) is 9.48. The van der Waals surface area contributed by atoms with E-state index < -0.39 is 6.55 Å². The minimum atomic E-state index is -2.62. The van der Waals surface area contributed by atoms with Crippen LogP contribution in [0.1, 0.15) is 47.3 Å². The Labute approximate surface area is 161 Å². The SMILES string of the molecule is Cc1cc(=O)c(C(=O)N2CCN(Cc3nccn3C(F)F)CC2)cn1C1CC1. The van der Waals surface area contributed by atoms with Crippen LogP contribution in [0.3, 0.4) is 0 Å². The van der Waals surface area contributed by atoms with Crippen LogP contribution in [0.2, 0.25) is 0 Å². The fourth-order valence-electron chi connectivity index (χ4n) is 3.68. The predicted molar refractivity (Wildman–Crippen MR) is 98.4 cm³/mol. The molecule has 1 aliphatic carbocycles. The maximum absolute atomic E-state index is 13.0. The number of aromatic nitrogens is 3. The number of rotatable bonds is 5. The quantitative estimate of drug-likeness (QED) is 0.783. The molecule has 28 heavy (non-hydrogen) atoms. The summed E-state index contributed by atoms with van der Waals surface area (Å²) in [7, 11) is 0. The van der Waals surface area contributed by atoms with Crippen molar-refractivity contribution in [3.8, 4) is 0 Å². The van der Waals surface area contributed by atoms with Gasteiger partial charge in [-0.15, -0.1) is 0 Å². The molecule has 0 N–H and O–H groups in total. The van der Waals surface area contributed by atoms with Gasteiger partial charge in [0, 0.05) is 62.6 Å². The number of hydrogen-bond acceptors (Lipinski definition) is 4. The van der Waals surface area contributed by atoms with Gasteiger partial charge >= 0.3 is 6.55 Å². The van der Waals surface area contributed by atoms with Crippen LogP contribution in [0.4, 0.5) is 8.78 Å². The molecule has 150 valence electrons. The number of aryl methyl sites for hydroxylation is 1. The molecule has 2 aromatic rings. The maximum Gasteiger partial charge on any atom is 0.319 e. The molecule has 2 aliphatic rings. The van der Waals surface area contributed by atoms with Crippen molar-refractivity contribution < 1.29 is 13.6 Å². The molecule has 0 bridgehead atoms. The van der Waals surface area contributed by atoms with Gasteiger partial charge in [-0.2, -0.15) is 8.78 Å². The minimum Gasteiger partial charge on any atom is -0.348 e. The normalized spacial score (nSPS) is 18.1. The highest BCUT2D eigenvalue weighted by Crippen LogP contribution is 2.35. The van der Waals surface area contributed by atoms with Crippen molar-refractivity contribution in [2.45, 2.75) is 38.9 Å². The first-order valence-electron chi connectivity index (χ1n) is 9.48. The molecule has 0 radical (unpaired) electrons. The summed E-state index contributed by atoms with van der Waals surface area (Å²) in [5.41, 5.74) is 0.836. The highest BCUT2D eigenvalue weighted by atomic mass is 19.3. The Kier molecular flexibility index (Phi) is 5.01. The van der Waals surface area contributed by atoms with Gasteiger partial charge in [0.05, 0.1) is 6.54 Å². The zero-order chi connectivity index (χ0) is 19.8. The topological polar surface area (TPSA) is 63.4 Å². The lowest BCUT2D eigenvalue weighted by Crippen LogP contribution is -2.49. The standard InChI is InChI=1S/C19H23F2N5O2/c1-13-10-16(27)15(11-26(13)14-2-3-14)18(28)24-8-6-23(7-9-24)12-17-22-4-5-25(17)19(20)21/h4-5,10-11,14,19H,2-3,6-9,12H2,1H3. The number of piperazine rings is 1. The van der Waals surface area contributed by atoms with Gasteiger partial charge in [-0.3, -0.25) is 19.1 Å². The van der Waals surface area contributed by atoms with E-state index in [4.69, 9.17) is 0 Å². The Morgan fingerprint density at radius 2 is 1.96 bits per heavy atom. The number of alkyl halides is 2. The predicted octanol–water partition coefficient (Wildman–Crippen LogP) is 2.04. The Bertz CT molecular complexity index is 927. The zero-order valence-corrected chi connectivity index (χ0v) is 15.7. The van der Waals surface area contributed by atoms with E-state index in [-0.39, 0.29) is 16.9 Å². The van der Waals surface area contributed by atoms with E-state index in [1.807, 2.05) is 16.4 Å². The van der Waals surface area contributed by atoms with E-state index in [1.54, 1.807) is 11.1 Å². The monoisotopic (exact) mass is 391 g/mol. The molecule has 0 atom stereocenters. The lowest BCUT2D eigenvalue weighted by molar-refractivity contribution is 0.0554. The Morgan fingerprint density at radius 3 is 2.61 bits per heavy atom. The van der Waals surface area contributed by atoms with Gasteiger partial charge in [-0.25, -0.2) is 4.98 Å². The summed E-state index contributed by atoms with van der Waals surface area (Å²) in [5, 5.41) is 0. The molecule has 4 rings (SSSR count). The molecule has 1 amide bonds. The van der Waals surface area contributed by atoms with Crippen molar-refractivity contribution in [1.29, 1.82) is 0 Å². The van der Waals surface area contributed by atoms with Crippen molar-refractivity contribution >= 4 is 5.91 Å². The van der Waals surface area contributed by atoms with Crippen molar-refractivity contribution in [2.75, 3.05) is 26.2 Å². The van der Waals surface area contributed by atoms with Crippen LogP contribution >= 0.6 is 0 Å². The van der Waals surface area contributed by atoms with Crippen LogP contribution in [0, 0.1) is 6.92 Å². The van der Waals surface area contributed by atoms with Gasteiger partial charge in [0.15, 0.2) is 5.43 Å². The third-order valence-electron chi connectivity index (χ3n) is 5.44. The van der Waals surface area contributed by atoms with Gasteiger partial charge in [0.2, 0.25) is 0 Å². The van der Waals surface area contributed by atoms with E-state index in [1.165, 1.54) is 18.5 Å². The van der Waals surface area contributed by atoms with Crippen molar-refractivity contribution in [2.24, 2.45) is 0 Å². The van der Waals surface area contributed by atoms with Crippen LogP contribution in [-0.4, -0.2) is 56.0 Å². The number of hydrogen-bond donors (Lipinski definition) is 0. The van der Waals surface area contributed by atoms with Crippen molar-refractivity contribution in [3.05, 3.63) is 52.0 Å². The Hall–Kier alpha value is -2.55. The van der Waals surface area contributed by atoms with Crippen LogP contribution in [-0.2, 0) is 6.54 Å². The largest absolute Gasteiger partial charge is 0.348 e. The number of pyridine rings is 1. The number of halogens is 2. The molecule has 1 saturated heterocycles. The van der Waals surface area contributed by atoms with Gasteiger partial charge in [0.25, 0.3) is 5.91 Å². The molecule has 2 aromatic heterocycles. The molecular formula is C19H23F2N5O2. The molecule has 0 unspecified atom stereocenters. The van der Waals surface area contributed by atoms with Crippen LogP contribution in [0.25, 0.3) is 0 Å². The number of carbonyl (C=O) groups is 1. The summed E-state index contributed by atoms with van der Waals surface area (Å²) >= 11 is 0. The fraction of sp³-hybridized carbons (Fsp3) is 0.526. The minimum absolute atomic E-state index is 0.208. The smallest absolute Gasteiger partial charge is 0.319 e. The molecule has 2 fully saturated rings. The second-order valence-electron chi connectivity index (χ2n) is 7.43. The molecule has 9 heteroatoms. The first-order chi connectivity index (χ1) is 13.4. The van der Waals surface area contributed by atoms with Gasteiger partial charge in [-0.1, -0.05) is 0 Å². The summed E-state index contributed by atoms with van der Waals surface area (Å²) in [4.78, 5) is 32.9. The highest BCUT2D eigenvalue weighted by molar-refractivity contribution is 5.94. The highest BCUT2D eigenvalue weighted by Gasteiger charge is 2.28. The third kappa shape index (κ3) is 3.71. The maximum atomic E-state index is 13.0. The Morgan fingerprint density at radius 1 is 1.25 bits per heavy atom. The Balaban J connectivity index is 1.41. The molecule has 1 aliphatic heterocycles.